The Morgan fingerprint density at radius 3 is 2.44 bits per heavy atom. The van der Waals surface area contributed by atoms with Crippen LogP contribution in [0.15, 0.2) is 24.3 Å². The van der Waals surface area contributed by atoms with Crippen LogP contribution in [0.1, 0.15) is 25.5 Å². The number of benzene rings is 1. The largest absolute Gasteiger partial charge is 0.497 e. The lowest BCUT2D eigenvalue weighted by atomic mass is 9.84. The first-order chi connectivity index (χ1) is 8.63. The molecule has 0 radical (unpaired) electrons. The topological polar surface area (TPSA) is 33.3 Å². The zero-order valence-corrected chi connectivity index (χ0v) is 12.2. The molecule has 0 bridgehead atoms. The SMILES string of the molecule is CNCC(C(C)C)C(NC)c1cccc(OC)c1. The number of methoxy groups -OCH3 is 1. The van der Waals surface area contributed by atoms with Crippen molar-refractivity contribution in [3.05, 3.63) is 29.8 Å². The van der Waals surface area contributed by atoms with E-state index in [4.69, 9.17) is 4.74 Å². The third-order valence-electron chi connectivity index (χ3n) is 3.49. The summed E-state index contributed by atoms with van der Waals surface area (Å²) in [7, 11) is 5.74. The average molecular weight is 250 g/mol. The number of hydrogen-bond acceptors (Lipinski definition) is 3. The first-order valence-electron chi connectivity index (χ1n) is 6.59. The van der Waals surface area contributed by atoms with Gasteiger partial charge in [0.1, 0.15) is 5.75 Å². The number of rotatable bonds is 7. The van der Waals surface area contributed by atoms with Gasteiger partial charge in [0.15, 0.2) is 0 Å². The van der Waals surface area contributed by atoms with Crippen LogP contribution in [0.2, 0.25) is 0 Å². The number of ether oxygens (including phenoxy) is 1. The lowest BCUT2D eigenvalue weighted by Crippen LogP contribution is -2.35. The molecule has 3 heteroatoms. The van der Waals surface area contributed by atoms with Crippen LogP contribution in [0, 0.1) is 11.8 Å². The van der Waals surface area contributed by atoms with Gasteiger partial charge in [0.05, 0.1) is 7.11 Å². The monoisotopic (exact) mass is 250 g/mol. The Kier molecular flexibility index (Phi) is 6.16. The van der Waals surface area contributed by atoms with E-state index in [1.807, 2.05) is 20.2 Å². The van der Waals surface area contributed by atoms with Crippen molar-refractivity contribution in [2.24, 2.45) is 11.8 Å². The highest BCUT2D eigenvalue weighted by Crippen LogP contribution is 2.29. The van der Waals surface area contributed by atoms with Crippen molar-refractivity contribution in [1.82, 2.24) is 10.6 Å². The maximum absolute atomic E-state index is 5.31. The summed E-state index contributed by atoms with van der Waals surface area (Å²) in [6.07, 6.45) is 0. The molecule has 2 unspecified atom stereocenters. The van der Waals surface area contributed by atoms with Crippen molar-refractivity contribution in [3.63, 3.8) is 0 Å². The molecule has 0 aliphatic heterocycles. The van der Waals surface area contributed by atoms with Gasteiger partial charge in [0.2, 0.25) is 0 Å². The minimum Gasteiger partial charge on any atom is -0.497 e. The maximum Gasteiger partial charge on any atom is 0.119 e. The van der Waals surface area contributed by atoms with Crippen LogP contribution in [0.25, 0.3) is 0 Å². The molecule has 1 aromatic carbocycles. The first kappa shape index (κ1) is 15.0. The summed E-state index contributed by atoms with van der Waals surface area (Å²) in [6, 6.07) is 8.65. The van der Waals surface area contributed by atoms with E-state index in [1.165, 1.54) is 5.56 Å². The number of nitrogens with one attached hydrogen (secondary N) is 2. The van der Waals surface area contributed by atoms with Crippen molar-refractivity contribution in [2.45, 2.75) is 19.9 Å². The Morgan fingerprint density at radius 1 is 1.22 bits per heavy atom. The zero-order chi connectivity index (χ0) is 13.5. The van der Waals surface area contributed by atoms with Gasteiger partial charge < -0.3 is 15.4 Å². The summed E-state index contributed by atoms with van der Waals surface area (Å²) in [5.74, 6) is 2.08. The van der Waals surface area contributed by atoms with E-state index in [1.54, 1.807) is 7.11 Å². The molecule has 0 aliphatic rings. The summed E-state index contributed by atoms with van der Waals surface area (Å²) in [5, 5.41) is 6.73. The summed E-state index contributed by atoms with van der Waals surface area (Å²) in [5.41, 5.74) is 1.28. The Labute approximate surface area is 111 Å². The molecule has 0 aliphatic carbocycles. The second-order valence-corrected chi connectivity index (χ2v) is 5.01. The lowest BCUT2D eigenvalue weighted by molar-refractivity contribution is 0.284. The molecule has 0 amide bonds. The van der Waals surface area contributed by atoms with E-state index in [0.29, 0.717) is 17.9 Å². The van der Waals surface area contributed by atoms with E-state index in [2.05, 4.69) is 42.7 Å². The van der Waals surface area contributed by atoms with Gasteiger partial charge in [0.25, 0.3) is 0 Å². The molecule has 0 heterocycles. The summed E-state index contributed by atoms with van der Waals surface area (Å²) >= 11 is 0. The third-order valence-corrected chi connectivity index (χ3v) is 3.49. The summed E-state index contributed by atoms with van der Waals surface area (Å²) in [4.78, 5) is 0. The minimum absolute atomic E-state index is 0.340. The van der Waals surface area contributed by atoms with E-state index < -0.39 is 0 Å². The molecule has 18 heavy (non-hydrogen) atoms. The molecule has 1 aromatic rings. The van der Waals surface area contributed by atoms with Gasteiger partial charge in [0, 0.05) is 6.04 Å². The molecule has 1 rings (SSSR count). The first-order valence-corrected chi connectivity index (χ1v) is 6.59. The fourth-order valence-electron chi connectivity index (χ4n) is 2.44. The van der Waals surface area contributed by atoms with Crippen LogP contribution < -0.4 is 15.4 Å². The molecule has 3 nitrogen and oxygen atoms in total. The zero-order valence-electron chi connectivity index (χ0n) is 12.2. The molecule has 0 fully saturated rings. The van der Waals surface area contributed by atoms with Gasteiger partial charge >= 0.3 is 0 Å². The van der Waals surface area contributed by atoms with Gasteiger partial charge in [-0.3, -0.25) is 0 Å². The van der Waals surface area contributed by atoms with Crippen molar-refractivity contribution < 1.29 is 4.74 Å². The third kappa shape index (κ3) is 3.72. The Hall–Kier alpha value is -1.06. The molecule has 2 atom stereocenters. The van der Waals surface area contributed by atoms with Crippen LogP contribution in [0.4, 0.5) is 0 Å². The van der Waals surface area contributed by atoms with Gasteiger partial charge in [-0.05, 0) is 50.2 Å². The molecule has 0 spiro atoms. The van der Waals surface area contributed by atoms with E-state index in [0.717, 1.165) is 12.3 Å². The average Bonchev–Trinajstić information content (AvgIpc) is 2.38. The molecule has 102 valence electrons. The Balaban J connectivity index is 2.98. The second-order valence-electron chi connectivity index (χ2n) is 5.01. The normalized spacial score (nSPS) is 14.6. The van der Waals surface area contributed by atoms with Crippen molar-refractivity contribution in [2.75, 3.05) is 27.7 Å². The lowest BCUT2D eigenvalue weighted by Gasteiger charge is -2.30. The van der Waals surface area contributed by atoms with Gasteiger partial charge in [-0.15, -0.1) is 0 Å². The molecule has 0 saturated heterocycles. The van der Waals surface area contributed by atoms with Crippen LogP contribution >= 0.6 is 0 Å². The minimum atomic E-state index is 0.340. The molecule has 0 aromatic heterocycles. The van der Waals surface area contributed by atoms with E-state index in [-0.39, 0.29) is 0 Å². The highest BCUT2D eigenvalue weighted by Gasteiger charge is 2.24. The molecular formula is C15H26N2O. The van der Waals surface area contributed by atoms with Gasteiger partial charge in [-0.2, -0.15) is 0 Å². The molecule has 2 N–H and O–H groups in total. The Morgan fingerprint density at radius 2 is 1.94 bits per heavy atom. The standard InChI is InChI=1S/C15H26N2O/c1-11(2)14(10-16-3)15(17-4)12-7-6-8-13(9-12)18-5/h6-9,11,14-17H,10H2,1-5H3. The Bertz CT molecular complexity index is 352. The number of hydrogen-bond donors (Lipinski definition) is 2. The summed E-state index contributed by atoms with van der Waals surface area (Å²) < 4.78 is 5.31. The van der Waals surface area contributed by atoms with Crippen LogP contribution in [0.5, 0.6) is 5.75 Å². The second kappa shape index (κ2) is 7.39. The van der Waals surface area contributed by atoms with E-state index in [9.17, 15) is 0 Å². The van der Waals surface area contributed by atoms with Gasteiger partial charge in [-0.25, -0.2) is 0 Å². The maximum atomic E-state index is 5.31. The fraction of sp³-hybridized carbons (Fsp3) is 0.600. The predicted octanol–water partition coefficient (Wildman–Crippen LogP) is 2.45. The van der Waals surface area contributed by atoms with Crippen LogP contribution in [-0.2, 0) is 0 Å². The summed E-state index contributed by atoms with van der Waals surface area (Å²) in [6.45, 7) is 5.54. The van der Waals surface area contributed by atoms with Crippen molar-refractivity contribution in [3.8, 4) is 5.75 Å². The fourth-order valence-corrected chi connectivity index (χ4v) is 2.44. The molecular weight excluding hydrogens is 224 g/mol. The smallest absolute Gasteiger partial charge is 0.119 e. The predicted molar refractivity (Wildman–Crippen MR) is 77.0 cm³/mol. The van der Waals surface area contributed by atoms with Crippen LogP contribution in [0.3, 0.4) is 0 Å². The quantitative estimate of drug-likeness (QED) is 0.780. The highest BCUT2D eigenvalue weighted by molar-refractivity contribution is 5.31. The molecule has 0 saturated carbocycles. The van der Waals surface area contributed by atoms with E-state index >= 15 is 0 Å². The van der Waals surface area contributed by atoms with Crippen LogP contribution in [-0.4, -0.2) is 27.7 Å². The van der Waals surface area contributed by atoms with Crippen molar-refractivity contribution in [1.29, 1.82) is 0 Å². The van der Waals surface area contributed by atoms with Crippen molar-refractivity contribution >= 4 is 0 Å². The highest BCUT2D eigenvalue weighted by atomic mass is 16.5. The van der Waals surface area contributed by atoms with Gasteiger partial charge in [-0.1, -0.05) is 26.0 Å².